The Hall–Kier alpha value is -2.53. The molecule has 0 radical (unpaired) electrons. The fourth-order valence-corrected chi connectivity index (χ4v) is 1.86. The van der Waals surface area contributed by atoms with E-state index in [9.17, 15) is 9.59 Å². The van der Waals surface area contributed by atoms with Gasteiger partial charge < -0.3 is 16.2 Å². The van der Waals surface area contributed by atoms with Gasteiger partial charge >= 0.3 is 5.97 Å². The van der Waals surface area contributed by atoms with E-state index in [4.69, 9.17) is 22.4 Å². The maximum absolute atomic E-state index is 12.0. The molecule has 6 heteroatoms. The number of benzene rings is 2. The molecule has 0 aliphatic heterocycles. The summed E-state index contributed by atoms with van der Waals surface area (Å²) < 4.78 is 0. The lowest BCUT2D eigenvalue weighted by molar-refractivity contribution is 0.0698. The van der Waals surface area contributed by atoms with Crippen LogP contribution in [-0.2, 0) is 0 Å². The Labute approximate surface area is 120 Å². The monoisotopic (exact) mass is 290 g/mol. The number of anilines is 2. The summed E-state index contributed by atoms with van der Waals surface area (Å²) in [5.74, 6) is -1.61. The van der Waals surface area contributed by atoms with Crippen LogP contribution in [0, 0.1) is 0 Å². The fourth-order valence-electron chi connectivity index (χ4n) is 1.67. The molecule has 0 aliphatic rings. The molecule has 2 aromatic carbocycles. The van der Waals surface area contributed by atoms with Crippen molar-refractivity contribution < 1.29 is 14.7 Å². The molecule has 0 unspecified atom stereocenters. The smallest absolute Gasteiger partial charge is 0.337 e. The molecule has 0 atom stereocenters. The third kappa shape index (κ3) is 3.07. The number of nitrogens with two attached hydrogens (primary N) is 1. The van der Waals surface area contributed by atoms with E-state index in [1.165, 1.54) is 24.3 Å². The average Bonchev–Trinajstić information content (AvgIpc) is 2.40. The van der Waals surface area contributed by atoms with E-state index < -0.39 is 11.9 Å². The summed E-state index contributed by atoms with van der Waals surface area (Å²) in [4.78, 5) is 23.2. The van der Waals surface area contributed by atoms with E-state index in [1.54, 1.807) is 18.2 Å². The molecule has 20 heavy (non-hydrogen) atoms. The van der Waals surface area contributed by atoms with Crippen LogP contribution in [0.2, 0.25) is 5.02 Å². The number of carboxylic acid groups (broad SMARTS) is 1. The first kappa shape index (κ1) is 13.9. The van der Waals surface area contributed by atoms with Gasteiger partial charge in [0.1, 0.15) is 0 Å². The lowest BCUT2D eigenvalue weighted by atomic mass is 10.1. The second kappa shape index (κ2) is 5.63. The van der Waals surface area contributed by atoms with Crippen LogP contribution in [0.15, 0.2) is 42.5 Å². The Morgan fingerprint density at radius 3 is 2.55 bits per heavy atom. The molecule has 0 spiro atoms. The molecule has 1 amide bonds. The zero-order chi connectivity index (χ0) is 14.7. The third-order valence-corrected chi connectivity index (χ3v) is 2.84. The Kier molecular flexibility index (Phi) is 3.91. The van der Waals surface area contributed by atoms with Gasteiger partial charge in [0, 0.05) is 16.3 Å². The molecule has 0 bridgehead atoms. The predicted molar refractivity (Wildman–Crippen MR) is 77.2 cm³/mol. The Balaban J connectivity index is 2.30. The molecule has 2 rings (SSSR count). The number of nitrogen functional groups attached to an aromatic ring is 1. The van der Waals surface area contributed by atoms with E-state index in [0.29, 0.717) is 16.3 Å². The number of carbonyl (C=O) groups is 2. The van der Waals surface area contributed by atoms with Crippen LogP contribution in [0.25, 0.3) is 0 Å². The maximum Gasteiger partial charge on any atom is 0.337 e. The SMILES string of the molecule is Nc1ccc(NC(=O)c2cccc(Cl)c2)c(C(=O)O)c1. The number of rotatable bonds is 3. The lowest BCUT2D eigenvalue weighted by Crippen LogP contribution is -2.15. The van der Waals surface area contributed by atoms with Crippen molar-refractivity contribution in [1.82, 2.24) is 0 Å². The predicted octanol–water partition coefficient (Wildman–Crippen LogP) is 2.87. The minimum atomic E-state index is -1.17. The van der Waals surface area contributed by atoms with Gasteiger partial charge in [-0.05, 0) is 36.4 Å². The number of nitrogens with one attached hydrogen (secondary N) is 1. The van der Waals surface area contributed by atoms with E-state index in [0.717, 1.165) is 0 Å². The molecule has 0 saturated carbocycles. The first-order valence-corrected chi connectivity index (χ1v) is 6.05. The van der Waals surface area contributed by atoms with Crippen LogP contribution < -0.4 is 11.1 Å². The Morgan fingerprint density at radius 1 is 1.15 bits per heavy atom. The van der Waals surface area contributed by atoms with Crippen molar-refractivity contribution in [2.75, 3.05) is 11.1 Å². The number of amides is 1. The summed E-state index contributed by atoms with van der Waals surface area (Å²) in [6.45, 7) is 0. The standard InChI is InChI=1S/C14H11ClN2O3/c15-9-3-1-2-8(6-9)13(18)17-12-5-4-10(16)7-11(12)14(19)20/h1-7H,16H2,(H,17,18)(H,19,20). The number of hydrogen-bond acceptors (Lipinski definition) is 3. The van der Waals surface area contributed by atoms with Gasteiger partial charge in [-0.15, -0.1) is 0 Å². The van der Waals surface area contributed by atoms with E-state index in [-0.39, 0.29) is 11.3 Å². The van der Waals surface area contributed by atoms with Crippen molar-refractivity contribution in [2.24, 2.45) is 0 Å². The van der Waals surface area contributed by atoms with Gasteiger partial charge in [0.05, 0.1) is 11.3 Å². The van der Waals surface area contributed by atoms with Crippen molar-refractivity contribution in [3.05, 3.63) is 58.6 Å². The van der Waals surface area contributed by atoms with Gasteiger partial charge in [-0.1, -0.05) is 17.7 Å². The maximum atomic E-state index is 12.0. The van der Waals surface area contributed by atoms with Crippen LogP contribution in [0.4, 0.5) is 11.4 Å². The second-order valence-corrected chi connectivity index (χ2v) is 4.51. The van der Waals surface area contributed by atoms with E-state index >= 15 is 0 Å². The quantitative estimate of drug-likeness (QED) is 0.758. The van der Waals surface area contributed by atoms with E-state index in [2.05, 4.69) is 5.32 Å². The molecule has 5 nitrogen and oxygen atoms in total. The summed E-state index contributed by atoms with van der Waals surface area (Å²) >= 11 is 5.80. The number of carboxylic acids is 1. The van der Waals surface area contributed by atoms with Crippen molar-refractivity contribution in [3.8, 4) is 0 Å². The lowest BCUT2D eigenvalue weighted by Gasteiger charge is -2.09. The number of halogens is 1. The Morgan fingerprint density at radius 2 is 1.90 bits per heavy atom. The van der Waals surface area contributed by atoms with Crippen molar-refractivity contribution in [1.29, 1.82) is 0 Å². The highest BCUT2D eigenvalue weighted by atomic mass is 35.5. The molecule has 4 N–H and O–H groups in total. The zero-order valence-corrected chi connectivity index (χ0v) is 11.0. The molecule has 0 fully saturated rings. The summed E-state index contributed by atoms with van der Waals surface area (Å²) in [7, 11) is 0. The van der Waals surface area contributed by atoms with Crippen molar-refractivity contribution in [3.63, 3.8) is 0 Å². The number of aromatic carboxylic acids is 1. The largest absolute Gasteiger partial charge is 0.478 e. The molecule has 2 aromatic rings. The van der Waals surface area contributed by atoms with Crippen LogP contribution in [0.5, 0.6) is 0 Å². The molecule has 0 saturated heterocycles. The molecular formula is C14H11ClN2O3. The number of hydrogen-bond donors (Lipinski definition) is 3. The van der Waals surface area contributed by atoms with Crippen LogP contribution >= 0.6 is 11.6 Å². The van der Waals surface area contributed by atoms with Gasteiger partial charge in [-0.3, -0.25) is 4.79 Å². The zero-order valence-electron chi connectivity index (χ0n) is 10.3. The highest BCUT2D eigenvalue weighted by molar-refractivity contribution is 6.31. The minimum Gasteiger partial charge on any atom is -0.478 e. The van der Waals surface area contributed by atoms with Gasteiger partial charge in [-0.25, -0.2) is 4.79 Å². The molecule has 0 aliphatic carbocycles. The van der Waals surface area contributed by atoms with Crippen molar-refractivity contribution >= 4 is 34.9 Å². The van der Waals surface area contributed by atoms with Crippen LogP contribution in [0.3, 0.4) is 0 Å². The fraction of sp³-hybridized carbons (Fsp3) is 0. The van der Waals surface area contributed by atoms with Crippen LogP contribution in [-0.4, -0.2) is 17.0 Å². The van der Waals surface area contributed by atoms with E-state index in [1.807, 2.05) is 0 Å². The highest BCUT2D eigenvalue weighted by Gasteiger charge is 2.14. The molecular weight excluding hydrogens is 280 g/mol. The summed E-state index contributed by atoms with van der Waals surface area (Å²) in [5, 5.41) is 12.0. The van der Waals surface area contributed by atoms with Gasteiger partial charge in [0.15, 0.2) is 0 Å². The second-order valence-electron chi connectivity index (χ2n) is 4.07. The highest BCUT2D eigenvalue weighted by Crippen LogP contribution is 2.20. The average molecular weight is 291 g/mol. The normalized spacial score (nSPS) is 10.1. The topological polar surface area (TPSA) is 92.4 Å². The first-order chi connectivity index (χ1) is 9.47. The molecule has 0 heterocycles. The molecule has 102 valence electrons. The van der Waals surface area contributed by atoms with Gasteiger partial charge in [0.25, 0.3) is 5.91 Å². The minimum absolute atomic E-state index is 0.0691. The van der Waals surface area contributed by atoms with Crippen LogP contribution in [0.1, 0.15) is 20.7 Å². The number of carbonyl (C=O) groups excluding carboxylic acids is 1. The molecule has 0 aromatic heterocycles. The summed E-state index contributed by atoms with van der Waals surface area (Å²) in [6.07, 6.45) is 0. The summed E-state index contributed by atoms with van der Waals surface area (Å²) in [6, 6.07) is 10.6. The summed E-state index contributed by atoms with van der Waals surface area (Å²) in [5.41, 5.74) is 6.29. The Bertz CT molecular complexity index is 686. The van der Waals surface area contributed by atoms with Gasteiger partial charge in [0.2, 0.25) is 0 Å². The van der Waals surface area contributed by atoms with Crippen molar-refractivity contribution in [2.45, 2.75) is 0 Å². The van der Waals surface area contributed by atoms with Gasteiger partial charge in [-0.2, -0.15) is 0 Å². The first-order valence-electron chi connectivity index (χ1n) is 5.67. The third-order valence-electron chi connectivity index (χ3n) is 2.61.